The molecule has 4 heteroatoms. The van der Waals surface area contributed by atoms with E-state index >= 15 is 0 Å². The molecule has 0 spiro atoms. The highest BCUT2D eigenvalue weighted by molar-refractivity contribution is 5.77. The summed E-state index contributed by atoms with van der Waals surface area (Å²) in [7, 11) is 0. The minimum atomic E-state index is -0.267. The molecule has 0 atom stereocenters. The van der Waals surface area contributed by atoms with Gasteiger partial charge in [0.1, 0.15) is 11.5 Å². The number of para-hydroxylation sites is 1. The fourth-order valence-electron chi connectivity index (χ4n) is 2.44. The van der Waals surface area contributed by atoms with Crippen molar-refractivity contribution in [1.82, 2.24) is 9.55 Å². The van der Waals surface area contributed by atoms with E-state index in [1.807, 2.05) is 69.3 Å². The molecule has 21 heavy (non-hydrogen) atoms. The maximum absolute atomic E-state index is 12.1. The van der Waals surface area contributed by atoms with Crippen molar-refractivity contribution in [3.8, 4) is 11.5 Å². The predicted octanol–water partition coefficient (Wildman–Crippen LogP) is 3.88. The van der Waals surface area contributed by atoms with E-state index in [0.29, 0.717) is 5.75 Å². The number of hydrogen-bond acceptors (Lipinski definition) is 2. The molecule has 0 fully saturated rings. The molecule has 0 saturated carbocycles. The summed E-state index contributed by atoms with van der Waals surface area (Å²) < 4.78 is 7.55. The largest absolute Gasteiger partial charge is 0.457 e. The first-order valence-electron chi connectivity index (χ1n) is 6.93. The highest BCUT2D eigenvalue weighted by Gasteiger charge is 2.19. The van der Waals surface area contributed by atoms with Crippen molar-refractivity contribution in [3.63, 3.8) is 0 Å². The van der Waals surface area contributed by atoms with E-state index in [1.54, 1.807) is 4.57 Å². The third-order valence-electron chi connectivity index (χ3n) is 3.30. The molecule has 0 radical (unpaired) electrons. The van der Waals surface area contributed by atoms with Crippen LogP contribution < -0.4 is 10.4 Å². The van der Waals surface area contributed by atoms with E-state index in [-0.39, 0.29) is 11.2 Å². The summed E-state index contributed by atoms with van der Waals surface area (Å²) >= 11 is 0. The normalized spacial score (nSPS) is 11.8. The summed E-state index contributed by atoms with van der Waals surface area (Å²) in [5.41, 5.74) is 1.29. The Hall–Kier alpha value is -2.49. The average Bonchev–Trinajstić information content (AvgIpc) is 2.74. The monoisotopic (exact) mass is 282 g/mol. The summed E-state index contributed by atoms with van der Waals surface area (Å²) in [5, 5.41) is 0. The van der Waals surface area contributed by atoms with Crippen molar-refractivity contribution in [2.45, 2.75) is 26.3 Å². The van der Waals surface area contributed by atoms with Gasteiger partial charge in [-0.2, -0.15) is 0 Å². The maximum atomic E-state index is 12.1. The fraction of sp³-hybridized carbons (Fsp3) is 0.235. The number of nitrogens with one attached hydrogen (secondary N) is 1. The van der Waals surface area contributed by atoms with Crippen LogP contribution in [0.15, 0.2) is 53.3 Å². The van der Waals surface area contributed by atoms with Crippen molar-refractivity contribution in [1.29, 1.82) is 0 Å². The molecule has 108 valence electrons. The molecule has 2 aromatic carbocycles. The summed E-state index contributed by atoms with van der Waals surface area (Å²) in [6.45, 7) is 6.03. The van der Waals surface area contributed by atoms with Gasteiger partial charge in [0, 0.05) is 11.6 Å². The van der Waals surface area contributed by atoms with Gasteiger partial charge in [0.15, 0.2) is 0 Å². The maximum Gasteiger partial charge on any atom is 0.326 e. The first-order valence-corrected chi connectivity index (χ1v) is 6.93. The molecule has 0 bridgehead atoms. The van der Waals surface area contributed by atoms with Gasteiger partial charge >= 0.3 is 5.69 Å². The molecular formula is C17H18N2O2. The number of rotatable bonds is 2. The first kappa shape index (κ1) is 13.5. The summed E-state index contributed by atoms with van der Waals surface area (Å²) in [6, 6.07) is 15.2. The number of fused-ring (bicyclic) bond motifs is 1. The highest BCUT2D eigenvalue weighted by atomic mass is 16.5. The first-order chi connectivity index (χ1) is 9.95. The van der Waals surface area contributed by atoms with E-state index in [9.17, 15) is 4.79 Å². The minimum absolute atomic E-state index is 0.102. The molecule has 0 unspecified atom stereocenters. The second kappa shape index (κ2) is 4.81. The van der Waals surface area contributed by atoms with Crippen molar-refractivity contribution >= 4 is 11.0 Å². The van der Waals surface area contributed by atoms with Crippen molar-refractivity contribution in [3.05, 3.63) is 59.0 Å². The molecule has 0 aliphatic carbocycles. The number of aromatic nitrogens is 2. The van der Waals surface area contributed by atoms with Crippen LogP contribution >= 0.6 is 0 Å². The quantitative estimate of drug-likeness (QED) is 0.775. The second-order valence-electron chi connectivity index (χ2n) is 6.03. The van der Waals surface area contributed by atoms with E-state index in [2.05, 4.69) is 4.98 Å². The van der Waals surface area contributed by atoms with Gasteiger partial charge in [-0.1, -0.05) is 18.2 Å². The molecule has 3 rings (SSSR count). The van der Waals surface area contributed by atoms with Gasteiger partial charge in [-0.3, -0.25) is 4.57 Å². The smallest absolute Gasteiger partial charge is 0.326 e. The van der Waals surface area contributed by atoms with Crippen molar-refractivity contribution < 1.29 is 4.74 Å². The topological polar surface area (TPSA) is 47.0 Å². The summed E-state index contributed by atoms with van der Waals surface area (Å²) in [4.78, 5) is 15.0. The van der Waals surface area contributed by atoms with Crippen LogP contribution in [0.2, 0.25) is 0 Å². The van der Waals surface area contributed by atoms with Gasteiger partial charge in [-0.05, 0) is 45.0 Å². The Bertz CT molecular complexity index is 823. The van der Waals surface area contributed by atoms with Crippen LogP contribution in [0, 0.1) is 0 Å². The van der Waals surface area contributed by atoms with Crippen molar-refractivity contribution in [2.75, 3.05) is 0 Å². The number of benzene rings is 2. The molecule has 0 aliphatic heterocycles. The Labute approximate surface area is 123 Å². The molecule has 0 aliphatic rings. The number of imidazole rings is 1. The van der Waals surface area contributed by atoms with Crippen LogP contribution in [-0.4, -0.2) is 9.55 Å². The number of aromatic amines is 1. The van der Waals surface area contributed by atoms with E-state index < -0.39 is 0 Å². The Kier molecular flexibility index (Phi) is 3.09. The number of ether oxygens (including phenoxy) is 1. The summed E-state index contributed by atoms with van der Waals surface area (Å²) in [6.07, 6.45) is 0. The van der Waals surface area contributed by atoms with E-state index in [4.69, 9.17) is 4.74 Å². The Morgan fingerprint density at radius 1 is 1.00 bits per heavy atom. The number of H-pyrrole nitrogens is 1. The van der Waals surface area contributed by atoms with E-state index in [0.717, 1.165) is 16.8 Å². The molecule has 4 nitrogen and oxygen atoms in total. The SMILES string of the molecule is CC(C)(C)n1c(=O)[nH]c2cc(Oc3ccccc3)ccc21. The zero-order valence-corrected chi connectivity index (χ0v) is 12.4. The zero-order chi connectivity index (χ0) is 15.0. The Morgan fingerprint density at radius 3 is 2.38 bits per heavy atom. The van der Waals surface area contributed by atoms with Gasteiger partial charge in [0.25, 0.3) is 0 Å². The molecule has 0 amide bonds. The van der Waals surface area contributed by atoms with Crippen molar-refractivity contribution in [2.24, 2.45) is 0 Å². The van der Waals surface area contributed by atoms with Crippen LogP contribution in [-0.2, 0) is 5.54 Å². The lowest BCUT2D eigenvalue weighted by Gasteiger charge is -2.20. The van der Waals surface area contributed by atoms with Crippen LogP contribution in [0.5, 0.6) is 11.5 Å². The molecule has 0 saturated heterocycles. The van der Waals surface area contributed by atoms with Crippen LogP contribution in [0.1, 0.15) is 20.8 Å². The zero-order valence-electron chi connectivity index (χ0n) is 12.4. The lowest BCUT2D eigenvalue weighted by Crippen LogP contribution is -2.31. The third-order valence-corrected chi connectivity index (χ3v) is 3.30. The van der Waals surface area contributed by atoms with Crippen LogP contribution in [0.3, 0.4) is 0 Å². The van der Waals surface area contributed by atoms with Gasteiger partial charge in [0.05, 0.1) is 11.0 Å². The van der Waals surface area contributed by atoms with Crippen LogP contribution in [0.25, 0.3) is 11.0 Å². The van der Waals surface area contributed by atoms with E-state index in [1.165, 1.54) is 0 Å². The number of nitrogens with zero attached hydrogens (tertiary/aromatic N) is 1. The molecule has 1 heterocycles. The fourth-order valence-corrected chi connectivity index (χ4v) is 2.44. The summed E-state index contributed by atoms with van der Waals surface area (Å²) in [5.74, 6) is 1.48. The average molecular weight is 282 g/mol. The Morgan fingerprint density at radius 2 is 1.71 bits per heavy atom. The number of hydrogen-bond donors (Lipinski definition) is 1. The van der Waals surface area contributed by atoms with Crippen LogP contribution in [0.4, 0.5) is 0 Å². The second-order valence-corrected chi connectivity index (χ2v) is 6.03. The highest BCUT2D eigenvalue weighted by Crippen LogP contribution is 2.26. The predicted molar refractivity (Wildman–Crippen MR) is 84.1 cm³/mol. The molecule has 1 N–H and O–H groups in total. The molecule has 3 aromatic rings. The minimum Gasteiger partial charge on any atom is -0.457 e. The van der Waals surface area contributed by atoms with Gasteiger partial charge < -0.3 is 9.72 Å². The van der Waals surface area contributed by atoms with Gasteiger partial charge in [-0.15, -0.1) is 0 Å². The molecule has 1 aromatic heterocycles. The standard InChI is InChI=1S/C17H18N2O2/c1-17(2,3)19-15-10-9-13(11-14(15)18-16(19)20)21-12-7-5-4-6-8-12/h4-11H,1-3H3,(H,18,20). The third kappa shape index (κ3) is 2.57. The van der Waals surface area contributed by atoms with Gasteiger partial charge in [0.2, 0.25) is 0 Å². The van der Waals surface area contributed by atoms with Gasteiger partial charge in [-0.25, -0.2) is 4.79 Å². The Balaban J connectivity index is 2.04. The lowest BCUT2D eigenvalue weighted by molar-refractivity contribution is 0.397. The molecular weight excluding hydrogens is 264 g/mol. The lowest BCUT2D eigenvalue weighted by atomic mass is 10.1.